The summed E-state index contributed by atoms with van der Waals surface area (Å²) < 4.78 is 28.0. The van der Waals surface area contributed by atoms with Crippen LogP contribution in [0.4, 0.5) is 0 Å². The molecule has 0 N–H and O–H groups in total. The molecule has 106 valence electrons. The lowest BCUT2D eigenvalue weighted by molar-refractivity contribution is 0.209. The molecule has 1 fully saturated rings. The molecule has 6 heteroatoms. The topological polar surface area (TPSA) is 43.4 Å². The number of halogens is 2. The highest BCUT2D eigenvalue weighted by Crippen LogP contribution is 2.30. The molecule has 3 nitrogen and oxygen atoms in total. The maximum Gasteiger partial charge on any atom is 0.261 e. The van der Waals surface area contributed by atoms with Crippen molar-refractivity contribution in [3.8, 4) is 5.75 Å². The Morgan fingerprint density at radius 3 is 2.47 bits per heavy atom. The Bertz CT molecular complexity index is 537. The average molecular weight is 323 g/mol. The maximum absolute atomic E-state index is 11.2. The summed E-state index contributed by atoms with van der Waals surface area (Å²) in [6, 6.07) is 4.28. The van der Waals surface area contributed by atoms with E-state index in [-0.39, 0.29) is 9.92 Å². The van der Waals surface area contributed by atoms with Gasteiger partial charge in [0.1, 0.15) is 5.75 Å². The van der Waals surface area contributed by atoms with Gasteiger partial charge in [-0.25, -0.2) is 8.42 Å². The Hall–Kier alpha value is -0.450. The summed E-state index contributed by atoms with van der Waals surface area (Å²) in [6.07, 6.45) is 6.19. The molecule has 1 saturated carbocycles. The van der Waals surface area contributed by atoms with E-state index in [1.54, 1.807) is 6.07 Å². The van der Waals surface area contributed by atoms with E-state index < -0.39 is 9.05 Å². The number of rotatable bonds is 4. The van der Waals surface area contributed by atoms with Crippen LogP contribution in [0.2, 0.25) is 5.02 Å². The van der Waals surface area contributed by atoms with Crippen LogP contribution < -0.4 is 4.74 Å². The van der Waals surface area contributed by atoms with Crippen molar-refractivity contribution in [1.29, 1.82) is 0 Å². The van der Waals surface area contributed by atoms with Crippen molar-refractivity contribution in [1.82, 2.24) is 0 Å². The highest BCUT2D eigenvalue weighted by Gasteiger charge is 2.16. The van der Waals surface area contributed by atoms with Crippen LogP contribution in [0.25, 0.3) is 0 Å². The maximum atomic E-state index is 11.2. The number of hydrogen-bond donors (Lipinski definition) is 0. The first-order valence-corrected chi connectivity index (χ1v) is 9.02. The molecule has 1 aromatic carbocycles. The van der Waals surface area contributed by atoms with Crippen LogP contribution in [-0.4, -0.2) is 15.0 Å². The first-order valence-electron chi connectivity index (χ1n) is 6.34. The first kappa shape index (κ1) is 14.9. The lowest BCUT2D eigenvalue weighted by Gasteiger charge is -2.22. The number of hydrogen-bond acceptors (Lipinski definition) is 3. The number of benzene rings is 1. The van der Waals surface area contributed by atoms with Gasteiger partial charge in [-0.05, 0) is 37.0 Å². The van der Waals surface area contributed by atoms with Gasteiger partial charge in [0.25, 0.3) is 9.05 Å². The van der Waals surface area contributed by atoms with Crippen LogP contribution in [-0.2, 0) is 9.05 Å². The summed E-state index contributed by atoms with van der Waals surface area (Å²) >= 11 is 6.01. The second-order valence-corrected chi connectivity index (χ2v) is 7.82. The van der Waals surface area contributed by atoms with Crippen LogP contribution in [0.5, 0.6) is 5.75 Å². The second kappa shape index (κ2) is 6.33. The molecule has 0 saturated heterocycles. The van der Waals surface area contributed by atoms with E-state index in [1.807, 2.05) is 0 Å². The van der Waals surface area contributed by atoms with Crippen molar-refractivity contribution in [3.63, 3.8) is 0 Å². The molecule has 19 heavy (non-hydrogen) atoms. The zero-order chi connectivity index (χ0) is 13.9. The third kappa shape index (κ3) is 4.26. The average Bonchev–Trinajstić information content (AvgIpc) is 2.37. The summed E-state index contributed by atoms with van der Waals surface area (Å²) in [5.74, 6) is 1.08. The Balaban J connectivity index is 2.01. The third-order valence-electron chi connectivity index (χ3n) is 3.38. The minimum absolute atomic E-state index is 0.0100. The normalized spacial score (nSPS) is 17.4. The molecule has 0 heterocycles. The van der Waals surface area contributed by atoms with Crippen LogP contribution in [0, 0.1) is 5.92 Å². The van der Waals surface area contributed by atoms with Crippen LogP contribution in [0.15, 0.2) is 23.1 Å². The molecule has 0 spiro atoms. The van der Waals surface area contributed by atoms with E-state index in [9.17, 15) is 8.42 Å². The van der Waals surface area contributed by atoms with E-state index in [2.05, 4.69) is 0 Å². The fraction of sp³-hybridized carbons (Fsp3) is 0.538. The van der Waals surface area contributed by atoms with Crippen LogP contribution >= 0.6 is 22.3 Å². The Morgan fingerprint density at radius 1 is 1.21 bits per heavy atom. The van der Waals surface area contributed by atoms with Gasteiger partial charge in [-0.15, -0.1) is 0 Å². The van der Waals surface area contributed by atoms with E-state index in [0.29, 0.717) is 18.3 Å². The standard InChI is InChI=1S/C13H16Cl2O3S/c14-12-8-11(19(15,16)17)6-7-13(12)18-9-10-4-2-1-3-5-10/h6-8,10H,1-5,9H2. The minimum Gasteiger partial charge on any atom is -0.492 e. The highest BCUT2D eigenvalue weighted by molar-refractivity contribution is 8.13. The van der Waals surface area contributed by atoms with Gasteiger partial charge in [0, 0.05) is 10.7 Å². The van der Waals surface area contributed by atoms with Crippen molar-refractivity contribution < 1.29 is 13.2 Å². The molecule has 2 rings (SSSR count). The fourth-order valence-corrected chi connectivity index (χ4v) is 3.39. The molecular weight excluding hydrogens is 307 g/mol. The monoisotopic (exact) mass is 322 g/mol. The Labute approximate surface area is 123 Å². The van der Waals surface area contributed by atoms with E-state index >= 15 is 0 Å². The third-order valence-corrected chi connectivity index (χ3v) is 5.03. The molecule has 1 aromatic rings. The van der Waals surface area contributed by atoms with Gasteiger partial charge < -0.3 is 4.74 Å². The van der Waals surface area contributed by atoms with E-state index in [4.69, 9.17) is 27.0 Å². The molecule has 1 aliphatic carbocycles. The van der Waals surface area contributed by atoms with E-state index in [0.717, 1.165) is 0 Å². The second-order valence-electron chi connectivity index (χ2n) is 4.85. The molecule has 0 aliphatic heterocycles. The SMILES string of the molecule is O=S(=O)(Cl)c1ccc(OCC2CCCCC2)c(Cl)c1. The molecular formula is C13H16Cl2O3S. The zero-order valence-electron chi connectivity index (χ0n) is 10.4. The predicted octanol–water partition coefficient (Wildman–Crippen LogP) is 4.23. The van der Waals surface area contributed by atoms with Gasteiger partial charge in [-0.3, -0.25) is 0 Å². The molecule has 0 bridgehead atoms. The lowest BCUT2D eigenvalue weighted by atomic mass is 9.90. The first-order chi connectivity index (χ1) is 8.97. The number of ether oxygens (including phenoxy) is 1. The van der Waals surface area contributed by atoms with Gasteiger partial charge in [0.2, 0.25) is 0 Å². The molecule has 0 amide bonds. The zero-order valence-corrected chi connectivity index (χ0v) is 12.8. The van der Waals surface area contributed by atoms with Crippen molar-refractivity contribution in [2.45, 2.75) is 37.0 Å². The van der Waals surface area contributed by atoms with Crippen molar-refractivity contribution in [2.24, 2.45) is 5.92 Å². The largest absolute Gasteiger partial charge is 0.492 e. The Kier molecular flexibility index (Phi) is 4.98. The summed E-state index contributed by atoms with van der Waals surface area (Å²) in [4.78, 5) is -0.0100. The molecule has 0 radical (unpaired) electrons. The van der Waals surface area contributed by atoms with Crippen molar-refractivity contribution >= 4 is 31.3 Å². The summed E-state index contributed by atoms with van der Waals surface area (Å²) in [6.45, 7) is 0.632. The van der Waals surface area contributed by atoms with Crippen LogP contribution in [0.3, 0.4) is 0 Å². The van der Waals surface area contributed by atoms with Crippen molar-refractivity contribution in [3.05, 3.63) is 23.2 Å². The highest BCUT2D eigenvalue weighted by atomic mass is 35.7. The molecule has 0 unspecified atom stereocenters. The fourth-order valence-electron chi connectivity index (χ4n) is 2.31. The summed E-state index contributed by atoms with van der Waals surface area (Å²) in [5, 5.41) is 0.275. The van der Waals surface area contributed by atoms with Gasteiger partial charge in [0.05, 0.1) is 16.5 Å². The van der Waals surface area contributed by atoms with Gasteiger partial charge in [-0.2, -0.15) is 0 Å². The molecule has 0 atom stereocenters. The van der Waals surface area contributed by atoms with Crippen LogP contribution in [0.1, 0.15) is 32.1 Å². The van der Waals surface area contributed by atoms with E-state index in [1.165, 1.54) is 44.2 Å². The quantitative estimate of drug-likeness (QED) is 0.779. The van der Waals surface area contributed by atoms with Gasteiger partial charge in [0.15, 0.2) is 0 Å². The Morgan fingerprint density at radius 2 is 1.89 bits per heavy atom. The predicted molar refractivity (Wildman–Crippen MR) is 76.6 cm³/mol. The van der Waals surface area contributed by atoms with Gasteiger partial charge in [-0.1, -0.05) is 30.9 Å². The van der Waals surface area contributed by atoms with Crippen molar-refractivity contribution in [2.75, 3.05) is 6.61 Å². The molecule has 1 aliphatic rings. The minimum atomic E-state index is -3.75. The molecule has 0 aromatic heterocycles. The summed E-state index contributed by atoms with van der Waals surface area (Å²) in [5.41, 5.74) is 0. The summed E-state index contributed by atoms with van der Waals surface area (Å²) in [7, 11) is 1.51. The lowest BCUT2D eigenvalue weighted by Crippen LogP contribution is -2.15. The smallest absolute Gasteiger partial charge is 0.261 e. The van der Waals surface area contributed by atoms with Gasteiger partial charge >= 0.3 is 0 Å².